The molecule has 5 heteroatoms. The lowest BCUT2D eigenvalue weighted by Crippen LogP contribution is -2.41. The fraction of sp³-hybridized carbons (Fsp3) is 0.500. The number of rotatable bonds is 4. The minimum atomic E-state index is -3.19. The van der Waals surface area contributed by atoms with E-state index in [9.17, 15) is 8.42 Å². The molecule has 0 fully saturated rings. The van der Waals surface area contributed by atoms with Crippen molar-refractivity contribution < 1.29 is 12.8 Å². The van der Waals surface area contributed by atoms with E-state index in [0.29, 0.717) is 0 Å². The van der Waals surface area contributed by atoms with E-state index in [2.05, 4.69) is 39.8 Å². The van der Waals surface area contributed by atoms with E-state index in [1.54, 1.807) is 24.3 Å². The molecule has 0 amide bonds. The van der Waals surface area contributed by atoms with Crippen LogP contribution >= 0.6 is 0 Å². The molecule has 0 aliphatic carbocycles. The van der Waals surface area contributed by atoms with Crippen LogP contribution in [0.1, 0.15) is 32.4 Å². The van der Waals surface area contributed by atoms with Gasteiger partial charge in [0.1, 0.15) is 6.10 Å². The zero-order chi connectivity index (χ0) is 16.5. The summed E-state index contributed by atoms with van der Waals surface area (Å²) in [6.07, 6.45) is 6.35. The third kappa shape index (κ3) is 4.44. The maximum absolute atomic E-state index is 11.5. The van der Waals surface area contributed by atoms with Gasteiger partial charge in [-0.2, -0.15) is 0 Å². The van der Waals surface area contributed by atoms with Crippen molar-refractivity contribution in [3.63, 3.8) is 0 Å². The summed E-state index contributed by atoms with van der Waals surface area (Å²) in [7, 11) is -5.18. The Morgan fingerprint density at radius 1 is 1.19 bits per heavy atom. The number of hydrogen-bond donors (Lipinski definition) is 0. The SMILES string of the molecule is C#CC(O[Si](C)(C)C(C)(C)C)c1ccc(S(C)(=O)=O)cc1. The summed E-state index contributed by atoms with van der Waals surface area (Å²) in [5, 5.41) is 0.0643. The Kier molecular flexibility index (Phi) is 5.09. The largest absolute Gasteiger partial charge is 0.399 e. The first-order chi connectivity index (χ1) is 9.38. The predicted octanol–water partition coefficient (Wildman–Crippen LogP) is 3.79. The van der Waals surface area contributed by atoms with Gasteiger partial charge in [-0.05, 0) is 35.8 Å². The molecule has 0 spiro atoms. The molecule has 0 radical (unpaired) electrons. The second kappa shape index (κ2) is 5.96. The lowest BCUT2D eigenvalue weighted by molar-refractivity contribution is 0.238. The van der Waals surface area contributed by atoms with E-state index >= 15 is 0 Å². The predicted molar refractivity (Wildman–Crippen MR) is 89.4 cm³/mol. The molecule has 1 atom stereocenters. The average Bonchev–Trinajstić information content (AvgIpc) is 2.33. The minimum Gasteiger partial charge on any atom is -0.399 e. The van der Waals surface area contributed by atoms with Gasteiger partial charge in [0, 0.05) is 6.26 Å². The highest BCUT2D eigenvalue weighted by Gasteiger charge is 2.39. The van der Waals surface area contributed by atoms with Crippen molar-refractivity contribution in [1.29, 1.82) is 0 Å². The van der Waals surface area contributed by atoms with Gasteiger partial charge in [0.15, 0.2) is 18.2 Å². The molecular formula is C16H24O3SSi. The number of terminal acetylenes is 1. The van der Waals surface area contributed by atoms with Gasteiger partial charge >= 0.3 is 0 Å². The maximum Gasteiger partial charge on any atom is 0.194 e. The maximum atomic E-state index is 11.5. The lowest BCUT2D eigenvalue weighted by Gasteiger charge is -2.38. The summed E-state index contributed by atoms with van der Waals surface area (Å²) in [5.41, 5.74) is 0.815. The first-order valence-corrected chi connectivity index (χ1v) is 11.6. The Bertz CT molecular complexity index is 632. The molecule has 1 rings (SSSR count). The average molecular weight is 325 g/mol. The summed E-state index contributed by atoms with van der Waals surface area (Å²) in [6.45, 7) is 10.7. The van der Waals surface area contributed by atoms with E-state index in [1.165, 1.54) is 6.26 Å². The van der Waals surface area contributed by atoms with Crippen molar-refractivity contribution in [3.05, 3.63) is 29.8 Å². The molecule has 0 aromatic heterocycles. The summed E-state index contributed by atoms with van der Waals surface area (Å²) < 4.78 is 29.2. The molecule has 3 nitrogen and oxygen atoms in total. The molecule has 0 saturated carbocycles. The Labute approximate surface area is 129 Å². The van der Waals surface area contributed by atoms with Gasteiger partial charge in [-0.15, -0.1) is 6.42 Å². The van der Waals surface area contributed by atoms with Crippen LogP contribution < -0.4 is 0 Å². The first-order valence-electron chi connectivity index (χ1n) is 6.82. The van der Waals surface area contributed by atoms with Gasteiger partial charge in [-0.25, -0.2) is 8.42 Å². The fourth-order valence-corrected chi connectivity index (χ4v) is 3.34. The van der Waals surface area contributed by atoms with Gasteiger partial charge in [0.05, 0.1) is 4.90 Å². The van der Waals surface area contributed by atoms with Crippen LogP contribution in [0.15, 0.2) is 29.2 Å². The highest BCUT2D eigenvalue weighted by Crippen LogP contribution is 2.39. The molecule has 0 heterocycles. The topological polar surface area (TPSA) is 43.4 Å². The molecule has 116 valence electrons. The fourth-order valence-electron chi connectivity index (χ4n) is 1.56. The van der Waals surface area contributed by atoms with Gasteiger partial charge in [0.2, 0.25) is 0 Å². The first kappa shape index (κ1) is 18.0. The van der Waals surface area contributed by atoms with Crippen LogP contribution in [-0.2, 0) is 14.3 Å². The zero-order valence-electron chi connectivity index (χ0n) is 13.6. The lowest BCUT2D eigenvalue weighted by atomic mass is 10.1. The molecule has 21 heavy (non-hydrogen) atoms. The van der Waals surface area contributed by atoms with Crippen molar-refractivity contribution in [2.75, 3.05) is 6.26 Å². The van der Waals surface area contributed by atoms with Gasteiger partial charge in [-0.1, -0.05) is 38.8 Å². The molecule has 0 aliphatic rings. The molecule has 0 bridgehead atoms. The van der Waals surface area contributed by atoms with Crippen LogP contribution in [0.3, 0.4) is 0 Å². The number of hydrogen-bond acceptors (Lipinski definition) is 3. The summed E-state index contributed by atoms with van der Waals surface area (Å²) in [6, 6.07) is 6.61. The van der Waals surface area contributed by atoms with Crippen molar-refractivity contribution >= 4 is 18.2 Å². The summed E-state index contributed by atoms with van der Waals surface area (Å²) in [5.74, 6) is 2.67. The third-order valence-corrected chi connectivity index (χ3v) is 9.55. The molecule has 1 aromatic carbocycles. The van der Waals surface area contributed by atoms with Gasteiger partial charge in [0.25, 0.3) is 0 Å². The van der Waals surface area contributed by atoms with E-state index < -0.39 is 24.3 Å². The van der Waals surface area contributed by atoms with E-state index in [-0.39, 0.29) is 9.93 Å². The van der Waals surface area contributed by atoms with Crippen LogP contribution in [0, 0.1) is 12.3 Å². The van der Waals surface area contributed by atoms with E-state index in [1.807, 2.05) is 0 Å². The Morgan fingerprint density at radius 2 is 1.67 bits per heavy atom. The normalized spacial score (nSPS) is 14.5. The van der Waals surface area contributed by atoms with Crippen molar-refractivity contribution in [2.45, 2.75) is 49.9 Å². The van der Waals surface area contributed by atoms with E-state index in [0.717, 1.165) is 5.56 Å². The van der Waals surface area contributed by atoms with Crippen LogP contribution in [0.5, 0.6) is 0 Å². The number of sulfone groups is 1. The molecule has 1 aromatic rings. The molecular weight excluding hydrogens is 300 g/mol. The second-order valence-corrected chi connectivity index (χ2v) is 13.5. The van der Waals surface area contributed by atoms with Gasteiger partial charge in [-0.3, -0.25) is 0 Å². The van der Waals surface area contributed by atoms with E-state index in [4.69, 9.17) is 10.8 Å². The van der Waals surface area contributed by atoms with Crippen molar-refractivity contribution in [3.8, 4) is 12.3 Å². The standard InChI is InChI=1S/C16H24O3SSi/c1-8-15(19-21(6,7)16(2,3)4)13-9-11-14(12-10-13)20(5,17)18/h1,9-12,15H,2-7H3. The highest BCUT2D eigenvalue weighted by atomic mass is 32.2. The molecule has 0 aliphatic heterocycles. The quantitative estimate of drug-likeness (QED) is 0.625. The van der Waals surface area contributed by atoms with Crippen LogP contribution in [0.2, 0.25) is 18.1 Å². The molecule has 0 saturated heterocycles. The van der Waals surface area contributed by atoms with Crippen LogP contribution in [-0.4, -0.2) is 23.0 Å². The number of benzene rings is 1. The Balaban J connectivity index is 3.06. The summed E-state index contributed by atoms with van der Waals surface area (Å²) >= 11 is 0. The van der Waals surface area contributed by atoms with Gasteiger partial charge < -0.3 is 4.43 Å². The highest BCUT2D eigenvalue weighted by molar-refractivity contribution is 7.90. The van der Waals surface area contributed by atoms with Crippen LogP contribution in [0.25, 0.3) is 0 Å². The molecule has 0 N–H and O–H groups in total. The zero-order valence-corrected chi connectivity index (χ0v) is 15.4. The Hall–Kier alpha value is -1.09. The summed E-state index contributed by atoms with van der Waals surface area (Å²) in [4.78, 5) is 0.286. The van der Waals surface area contributed by atoms with Crippen molar-refractivity contribution in [1.82, 2.24) is 0 Å². The minimum absolute atomic E-state index is 0.0643. The molecule has 1 unspecified atom stereocenters. The smallest absolute Gasteiger partial charge is 0.194 e. The second-order valence-electron chi connectivity index (χ2n) is 6.77. The Morgan fingerprint density at radius 3 is 2.00 bits per heavy atom. The monoisotopic (exact) mass is 324 g/mol. The van der Waals surface area contributed by atoms with Crippen LogP contribution in [0.4, 0.5) is 0 Å². The van der Waals surface area contributed by atoms with Crippen molar-refractivity contribution in [2.24, 2.45) is 0 Å². The third-order valence-electron chi connectivity index (χ3n) is 3.98.